The summed E-state index contributed by atoms with van der Waals surface area (Å²) in [4.78, 5) is 27.3. The summed E-state index contributed by atoms with van der Waals surface area (Å²) in [6.45, 7) is 5.99. The van der Waals surface area contributed by atoms with Gasteiger partial charge in [0, 0.05) is 43.4 Å². The maximum Gasteiger partial charge on any atom is 0.257 e. The van der Waals surface area contributed by atoms with Gasteiger partial charge >= 0.3 is 0 Å². The maximum atomic E-state index is 12.6. The predicted molar refractivity (Wildman–Crippen MR) is 99.3 cm³/mol. The first-order valence-corrected chi connectivity index (χ1v) is 9.09. The van der Waals surface area contributed by atoms with Crippen molar-refractivity contribution in [3.63, 3.8) is 0 Å². The summed E-state index contributed by atoms with van der Waals surface area (Å²) >= 11 is 0. The zero-order valence-electron chi connectivity index (χ0n) is 15.3. The van der Waals surface area contributed by atoms with Gasteiger partial charge in [-0.3, -0.25) is 9.78 Å². The Balaban J connectivity index is 1.56. The second-order valence-electron chi connectivity index (χ2n) is 6.46. The SMILES string of the molecule is CCCOc1nccnc1NC1CCN(C(=O)c2ccc(C)nc2)CC1. The molecule has 0 unspecified atom stereocenters. The Morgan fingerprint density at radius 2 is 2.00 bits per heavy atom. The van der Waals surface area contributed by atoms with Crippen LogP contribution in [0.1, 0.15) is 42.2 Å². The van der Waals surface area contributed by atoms with E-state index in [-0.39, 0.29) is 11.9 Å². The van der Waals surface area contributed by atoms with Crippen LogP contribution in [0, 0.1) is 6.92 Å². The zero-order chi connectivity index (χ0) is 18.4. The van der Waals surface area contributed by atoms with E-state index in [0.717, 1.165) is 25.0 Å². The Hall–Kier alpha value is -2.70. The fourth-order valence-corrected chi connectivity index (χ4v) is 2.93. The second-order valence-corrected chi connectivity index (χ2v) is 6.46. The average molecular weight is 355 g/mol. The normalized spacial score (nSPS) is 14.9. The predicted octanol–water partition coefficient (Wildman–Crippen LogP) is 2.69. The monoisotopic (exact) mass is 355 g/mol. The first kappa shape index (κ1) is 18.1. The molecule has 0 atom stereocenters. The van der Waals surface area contributed by atoms with E-state index in [1.54, 1.807) is 18.6 Å². The number of hydrogen-bond acceptors (Lipinski definition) is 6. The number of likely N-dealkylation sites (tertiary alicyclic amines) is 1. The number of aryl methyl sites for hydroxylation is 1. The Labute approximate surface area is 153 Å². The lowest BCUT2D eigenvalue weighted by Gasteiger charge is -2.32. The average Bonchev–Trinajstić information content (AvgIpc) is 2.68. The van der Waals surface area contributed by atoms with Crippen molar-refractivity contribution in [2.45, 2.75) is 39.2 Å². The molecule has 0 aromatic carbocycles. The molecule has 0 bridgehead atoms. The highest BCUT2D eigenvalue weighted by atomic mass is 16.5. The van der Waals surface area contributed by atoms with Crippen molar-refractivity contribution in [3.8, 4) is 5.88 Å². The van der Waals surface area contributed by atoms with Gasteiger partial charge in [0.15, 0.2) is 5.82 Å². The maximum absolute atomic E-state index is 12.6. The van der Waals surface area contributed by atoms with E-state index in [1.807, 2.05) is 24.0 Å². The van der Waals surface area contributed by atoms with E-state index in [9.17, 15) is 4.79 Å². The van der Waals surface area contributed by atoms with Gasteiger partial charge < -0.3 is 15.0 Å². The highest BCUT2D eigenvalue weighted by Gasteiger charge is 2.24. The van der Waals surface area contributed by atoms with Crippen LogP contribution in [0.15, 0.2) is 30.7 Å². The van der Waals surface area contributed by atoms with E-state index in [4.69, 9.17) is 4.74 Å². The quantitative estimate of drug-likeness (QED) is 0.858. The smallest absolute Gasteiger partial charge is 0.257 e. The van der Waals surface area contributed by atoms with Crippen LogP contribution in [0.3, 0.4) is 0 Å². The van der Waals surface area contributed by atoms with Crippen LogP contribution >= 0.6 is 0 Å². The lowest BCUT2D eigenvalue weighted by molar-refractivity contribution is 0.0718. The molecule has 1 fully saturated rings. The van der Waals surface area contributed by atoms with Crippen molar-refractivity contribution in [2.75, 3.05) is 25.0 Å². The first-order chi connectivity index (χ1) is 12.7. The highest BCUT2D eigenvalue weighted by Crippen LogP contribution is 2.22. The molecular formula is C19H25N5O2. The molecule has 2 aromatic rings. The number of aromatic nitrogens is 3. The van der Waals surface area contributed by atoms with Gasteiger partial charge in [0.05, 0.1) is 12.2 Å². The first-order valence-electron chi connectivity index (χ1n) is 9.09. The lowest BCUT2D eigenvalue weighted by Crippen LogP contribution is -2.42. The fourth-order valence-electron chi connectivity index (χ4n) is 2.93. The summed E-state index contributed by atoms with van der Waals surface area (Å²) in [5, 5.41) is 3.42. The number of carbonyl (C=O) groups excluding carboxylic acids is 1. The van der Waals surface area contributed by atoms with Crippen LogP contribution in [0.5, 0.6) is 5.88 Å². The molecule has 0 radical (unpaired) electrons. The minimum absolute atomic E-state index is 0.0439. The number of ether oxygens (including phenoxy) is 1. The van der Waals surface area contributed by atoms with Crippen LogP contribution in [-0.2, 0) is 0 Å². The molecule has 7 heteroatoms. The minimum Gasteiger partial charge on any atom is -0.475 e. The van der Waals surface area contributed by atoms with Gasteiger partial charge in [-0.05, 0) is 38.3 Å². The van der Waals surface area contributed by atoms with E-state index in [0.29, 0.717) is 37.0 Å². The molecule has 0 spiro atoms. The van der Waals surface area contributed by atoms with Crippen molar-refractivity contribution in [2.24, 2.45) is 0 Å². The molecule has 1 aliphatic rings. The lowest BCUT2D eigenvalue weighted by atomic mass is 10.0. The second kappa shape index (κ2) is 8.60. The summed E-state index contributed by atoms with van der Waals surface area (Å²) in [6, 6.07) is 3.95. The molecule has 1 N–H and O–H groups in total. The van der Waals surface area contributed by atoms with Crippen molar-refractivity contribution < 1.29 is 9.53 Å². The summed E-state index contributed by atoms with van der Waals surface area (Å²) in [5.74, 6) is 1.26. The van der Waals surface area contributed by atoms with E-state index in [1.165, 1.54) is 0 Å². The number of anilines is 1. The van der Waals surface area contributed by atoms with Gasteiger partial charge in [0.25, 0.3) is 11.8 Å². The van der Waals surface area contributed by atoms with Crippen LogP contribution < -0.4 is 10.1 Å². The molecule has 0 aliphatic carbocycles. The highest BCUT2D eigenvalue weighted by molar-refractivity contribution is 5.94. The van der Waals surface area contributed by atoms with Gasteiger partial charge in [-0.15, -0.1) is 0 Å². The molecule has 0 saturated carbocycles. The van der Waals surface area contributed by atoms with Crippen molar-refractivity contribution in [1.29, 1.82) is 0 Å². The van der Waals surface area contributed by atoms with Crippen molar-refractivity contribution >= 4 is 11.7 Å². The molecule has 1 saturated heterocycles. The Morgan fingerprint density at radius 3 is 2.69 bits per heavy atom. The molecule has 3 heterocycles. The van der Waals surface area contributed by atoms with Gasteiger partial charge in [-0.25, -0.2) is 9.97 Å². The number of rotatable bonds is 6. The van der Waals surface area contributed by atoms with Crippen LogP contribution in [0.2, 0.25) is 0 Å². The summed E-state index contributed by atoms with van der Waals surface area (Å²) in [6.07, 6.45) is 7.57. The molecule has 1 amide bonds. The third-order valence-electron chi connectivity index (χ3n) is 4.39. The van der Waals surface area contributed by atoms with E-state index in [2.05, 4.69) is 27.2 Å². The number of piperidine rings is 1. The largest absolute Gasteiger partial charge is 0.475 e. The topological polar surface area (TPSA) is 80.2 Å². The third-order valence-corrected chi connectivity index (χ3v) is 4.39. The van der Waals surface area contributed by atoms with Crippen molar-refractivity contribution in [1.82, 2.24) is 19.9 Å². The molecular weight excluding hydrogens is 330 g/mol. The number of carbonyl (C=O) groups is 1. The van der Waals surface area contributed by atoms with E-state index < -0.39 is 0 Å². The molecule has 2 aromatic heterocycles. The van der Waals surface area contributed by atoms with Gasteiger partial charge in [-0.1, -0.05) is 6.92 Å². The van der Waals surface area contributed by atoms with Crippen LogP contribution in [0.4, 0.5) is 5.82 Å². The summed E-state index contributed by atoms with van der Waals surface area (Å²) in [5.41, 5.74) is 1.56. The van der Waals surface area contributed by atoms with E-state index >= 15 is 0 Å². The number of nitrogens with zero attached hydrogens (tertiary/aromatic N) is 4. The number of amides is 1. The fraction of sp³-hybridized carbons (Fsp3) is 0.474. The number of pyridine rings is 1. The number of nitrogens with one attached hydrogen (secondary N) is 1. The van der Waals surface area contributed by atoms with Gasteiger partial charge in [-0.2, -0.15) is 0 Å². The standard InChI is InChI=1S/C19H25N5O2/c1-3-12-26-18-17(20-8-9-21-18)23-16-6-10-24(11-7-16)19(25)15-5-4-14(2)22-13-15/h4-5,8-9,13,16H,3,6-7,10-12H2,1-2H3,(H,20,23). The minimum atomic E-state index is 0.0439. The summed E-state index contributed by atoms with van der Waals surface area (Å²) in [7, 11) is 0. The van der Waals surface area contributed by atoms with Crippen LogP contribution in [-0.4, -0.2) is 51.5 Å². The Bertz CT molecular complexity index is 727. The Morgan fingerprint density at radius 1 is 1.23 bits per heavy atom. The molecule has 26 heavy (non-hydrogen) atoms. The van der Waals surface area contributed by atoms with Crippen molar-refractivity contribution in [3.05, 3.63) is 42.0 Å². The summed E-state index contributed by atoms with van der Waals surface area (Å²) < 4.78 is 5.65. The van der Waals surface area contributed by atoms with Gasteiger partial charge in [0.2, 0.25) is 0 Å². The van der Waals surface area contributed by atoms with Gasteiger partial charge in [0.1, 0.15) is 0 Å². The molecule has 1 aliphatic heterocycles. The molecule has 7 nitrogen and oxygen atoms in total. The molecule has 3 rings (SSSR count). The Kier molecular flexibility index (Phi) is 5.99. The van der Waals surface area contributed by atoms with Crippen LogP contribution in [0.25, 0.3) is 0 Å². The number of hydrogen-bond donors (Lipinski definition) is 1. The zero-order valence-corrected chi connectivity index (χ0v) is 15.3. The molecule has 138 valence electrons. The third kappa shape index (κ3) is 4.47.